The number of aryl methyl sites for hydroxylation is 1. The van der Waals surface area contributed by atoms with Gasteiger partial charge in [0.05, 0.1) is 11.3 Å². The third-order valence-corrected chi connectivity index (χ3v) is 3.73. The highest BCUT2D eigenvalue weighted by atomic mass is 19.4. The van der Waals surface area contributed by atoms with Crippen molar-refractivity contribution in [2.45, 2.75) is 6.18 Å². The summed E-state index contributed by atoms with van der Waals surface area (Å²) in [6, 6.07) is 2.08. The van der Waals surface area contributed by atoms with Crippen LogP contribution in [-0.2, 0) is 13.2 Å². The highest BCUT2D eigenvalue weighted by molar-refractivity contribution is 5.65. The maximum absolute atomic E-state index is 14.4. The van der Waals surface area contributed by atoms with Gasteiger partial charge in [-0.15, -0.1) is 0 Å². The van der Waals surface area contributed by atoms with Crippen molar-refractivity contribution < 1.29 is 30.7 Å². The molecule has 150 valence electrons. The zero-order valence-corrected chi connectivity index (χ0v) is 14.5. The average Bonchev–Trinajstić information content (AvgIpc) is 2.96. The van der Waals surface area contributed by atoms with Crippen LogP contribution in [0.15, 0.2) is 54.7 Å². The molecule has 0 radical (unpaired) electrons. The molecule has 10 heteroatoms. The molecule has 0 amide bonds. The van der Waals surface area contributed by atoms with Crippen molar-refractivity contribution in [2.75, 3.05) is 11.9 Å². The Bertz CT molecular complexity index is 932. The van der Waals surface area contributed by atoms with E-state index in [1.807, 2.05) is 0 Å². The number of allylic oxidation sites excluding steroid dienone is 2. The van der Waals surface area contributed by atoms with E-state index in [0.717, 1.165) is 25.3 Å². The molecule has 0 unspecified atom stereocenters. The Kier molecular flexibility index (Phi) is 6.01. The monoisotopic (exact) mass is 405 g/mol. The Morgan fingerprint density at radius 3 is 2.18 bits per heavy atom. The molecule has 1 heterocycles. The molecule has 1 aromatic heterocycles. The summed E-state index contributed by atoms with van der Waals surface area (Å²) in [5, 5.41) is 5.62. The summed E-state index contributed by atoms with van der Waals surface area (Å²) in [4.78, 5) is 0. The first-order chi connectivity index (χ1) is 13.0. The molecule has 2 aromatic rings. The van der Waals surface area contributed by atoms with Gasteiger partial charge < -0.3 is 5.32 Å². The van der Waals surface area contributed by atoms with Gasteiger partial charge in [0, 0.05) is 24.9 Å². The summed E-state index contributed by atoms with van der Waals surface area (Å²) in [6.45, 7) is 5.61. The minimum atomic E-state index is -4.78. The van der Waals surface area contributed by atoms with Crippen LogP contribution in [0.1, 0.15) is 5.69 Å². The predicted molar refractivity (Wildman–Crippen MR) is 90.6 cm³/mol. The summed E-state index contributed by atoms with van der Waals surface area (Å²) < 4.78 is 94.5. The molecule has 0 bridgehead atoms. The summed E-state index contributed by atoms with van der Waals surface area (Å²) in [5.41, 5.74) is -3.14. The van der Waals surface area contributed by atoms with Gasteiger partial charge in [0.2, 0.25) is 0 Å². The smallest absolute Gasteiger partial charge is 0.381 e. The zero-order chi connectivity index (χ0) is 21.2. The van der Waals surface area contributed by atoms with Crippen LogP contribution < -0.4 is 5.32 Å². The Morgan fingerprint density at radius 1 is 1.18 bits per heavy atom. The van der Waals surface area contributed by atoms with Crippen molar-refractivity contribution >= 4 is 5.69 Å². The minimum absolute atomic E-state index is 0.187. The van der Waals surface area contributed by atoms with E-state index in [9.17, 15) is 30.7 Å². The second-order valence-electron chi connectivity index (χ2n) is 5.64. The minimum Gasteiger partial charge on any atom is -0.381 e. The third-order valence-electron chi connectivity index (χ3n) is 3.73. The van der Waals surface area contributed by atoms with E-state index in [-0.39, 0.29) is 5.69 Å². The second-order valence-corrected chi connectivity index (χ2v) is 5.64. The van der Waals surface area contributed by atoms with Gasteiger partial charge in [-0.05, 0) is 24.3 Å². The molecule has 1 N–H and O–H groups in total. The average molecular weight is 405 g/mol. The number of aromatic nitrogens is 2. The summed E-state index contributed by atoms with van der Waals surface area (Å²) >= 11 is 0. The lowest BCUT2D eigenvalue weighted by Crippen LogP contribution is -2.08. The number of alkyl halides is 3. The van der Waals surface area contributed by atoms with E-state index in [4.69, 9.17) is 0 Å². The maximum atomic E-state index is 14.4. The first-order valence-electron chi connectivity index (χ1n) is 7.66. The van der Waals surface area contributed by atoms with Crippen molar-refractivity contribution in [1.29, 1.82) is 0 Å². The summed E-state index contributed by atoms with van der Waals surface area (Å²) in [6.07, 6.45) is -4.04. The Morgan fingerprint density at radius 2 is 1.75 bits per heavy atom. The molecule has 1 aromatic carbocycles. The molecule has 0 saturated heterocycles. The molecule has 2 rings (SSSR count). The molecule has 0 aliphatic carbocycles. The Balaban J connectivity index is 2.38. The third kappa shape index (κ3) is 4.44. The number of benzene rings is 1. The number of hydrogen-bond acceptors (Lipinski definition) is 2. The Labute approximate surface area is 155 Å². The fourth-order valence-corrected chi connectivity index (χ4v) is 2.38. The molecule has 0 aliphatic rings. The van der Waals surface area contributed by atoms with Crippen molar-refractivity contribution in [2.24, 2.45) is 7.05 Å². The van der Waals surface area contributed by atoms with Crippen molar-refractivity contribution in [1.82, 2.24) is 9.78 Å². The number of hydrogen-bond donors (Lipinski definition) is 1. The molecule has 28 heavy (non-hydrogen) atoms. The van der Waals surface area contributed by atoms with Gasteiger partial charge >= 0.3 is 6.18 Å². The van der Waals surface area contributed by atoms with Crippen LogP contribution >= 0.6 is 0 Å². The molecule has 0 spiro atoms. The van der Waals surface area contributed by atoms with E-state index >= 15 is 0 Å². The van der Waals surface area contributed by atoms with E-state index in [1.54, 1.807) is 0 Å². The highest BCUT2D eigenvalue weighted by Gasteiger charge is 2.35. The van der Waals surface area contributed by atoms with Crippen LogP contribution in [0, 0.1) is 11.6 Å². The number of rotatable bonds is 6. The lowest BCUT2D eigenvalue weighted by molar-refractivity contribution is -0.141. The Hall–Kier alpha value is -3.04. The van der Waals surface area contributed by atoms with Crippen LogP contribution in [0.4, 0.5) is 36.4 Å². The van der Waals surface area contributed by atoms with E-state index in [2.05, 4.69) is 23.6 Å². The lowest BCUT2D eigenvalue weighted by atomic mass is 10.1. The lowest BCUT2D eigenvalue weighted by Gasteiger charge is -2.12. The van der Waals surface area contributed by atoms with Crippen molar-refractivity contribution in [3.8, 4) is 11.3 Å². The van der Waals surface area contributed by atoms with Gasteiger partial charge in [-0.1, -0.05) is 13.2 Å². The summed E-state index contributed by atoms with van der Waals surface area (Å²) in [5.74, 6) is -4.48. The van der Waals surface area contributed by atoms with Crippen LogP contribution in [0.2, 0.25) is 0 Å². The first kappa shape index (κ1) is 21.3. The zero-order valence-electron chi connectivity index (χ0n) is 14.5. The number of anilines is 1. The van der Waals surface area contributed by atoms with Crippen LogP contribution in [0.5, 0.6) is 0 Å². The van der Waals surface area contributed by atoms with E-state index in [1.165, 1.54) is 0 Å². The van der Waals surface area contributed by atoms with Gasteiger partial charge in [0.15, 0.2) is 5.69 Å². The number of halogens is 7. The SMILES string of the molecule is C=C/C(F)=C(/CNc1cc(F)c(-c2cc(C(F)(F)F)nn2C)c(F)c1)C(=C)F. The van der Waals surface area contributed by atoms with Crippen LogP contribution in [0.3, 0.4) is 0 Å². The molecule has 0 aliphatic heterocycles. The fraction of sp³-hybridized carbons (Fsp3) is 0.167. The fourth-order valence-electron chi connectivity index (χ4n) is 2.38. The molecule has 0 fully saturated rings. The van der Waals surface area contributed by atoms with Gasteiger partial charge in [-0.2, -0.15) is 18.3 Å². The standard InChI is InChI=1S/C18H14F7N3/c1-4-12(20)11(9(2)19)8-26-10-5-13(21)17(14(22)6-10)15-7-16(18(23,24)25)27-28(15)3/h4-7,26H,1-2,8H2,3H3/b12-11+. The van der Waals surface area contributed by atoms with Gasteiger partial charge in [-0.3, -0.25) is 4.68 Å². The summed E-state index contributed by atoms with van der Waals surface area (Å²) in [7, 11) is 1.11. The van der Waals surface area contributed by atoms with Crippen LogP contribution in [0.25, 0.3) is 11.3 Å². The van der Waals surface area contributed by atoms with Gasteiger partial charge in [0.25, 0.3) is 0 Å². The quantitative estimate of drug-likeness (QED) is 0.494. The van der Waals surface area contributed by atoms with Crippen LogP contribution in [-0.4, -0.2) is 16.3 Å². The van der Waals surface area contributed by atoms with Gasteiger partial charge in [-0.25, -0.2) is 17.6 Å². The second kappa shape index (κ2) is 7.91. The topological polar surface area (TPSA) is 29.9 Å². The molecule has 0 saturated carbocycles. The maximum Gasteiger partial charge on any atom is 0.435 e. The predicted octanol–water partition coefficient (Wildman–Crippen LogP) is 5.69. The number of nitrogens with zero attached hydrogens (tertiary/aromatic N) is 2. The largest absolute Gasteiger partial charge is 0.435 e. The first-order valence-corrected chi connectivity index (χ1v) is 7.66. The molecule has 0 atom stereocenters. The van der Waals surface area contributed by atoms with Crippen molar-refractivity contribution in [3.05, 3.63) is 72.0 Å². The van der Waals surface area contributed by atoms with Gasteiger partial charge in [0.1, 0.15) is 23.3 Å². The molecular weight excluding hydrogens is 391 g/mol. The normalized spacial score (nSPS) is 12.6. The van der Waals surface area contributed by atoms with E-state index < -0.39 is 58.5 Å². The van der Waals surface area contributed by atoms with Crippen molar-refractivity contribution in [3.63, 3.8) is 0 Å². The molecule has 3 nitrogen and oxygen atoms in total. The number of nitrogens with one attached hydrogen (secondary N) is 1. The highest BCUT2D eigenvalue weighted by Crippen LogP contribution is 2.34. The van der Waals surface area contributed by atoms with E-state index in [0.29, 0.717) is 10.7 Å². The molecular formula is C18H14F7N3.